The van der Waals surface area contributed by atoms with Crippen molar-refractivity contribution in [2.45, 2.75) is 6.92 Å². The smallest absolute Gasteiger partial charge is 0.248 e. The standard InChI is InChI=1S/C27H25NO5/c1-17(12-27(29)28-18-8-6-5-7-9-18)20-14-22-23(16-33-26(22)15-25(20)32-4)21-13-19(30-2)10-11-24(21)31-3/h5-16H,1-4H3,(H,28,29)/b17-12+. The van der Waals surface area contributed by atoms with Gasteiger partial charge in [0.25, 0.3) is 0 Å². The topological polar surface area (TPSA) is 69.9 Å². The average molecular weight is 443 g/mol. The molecule has 0 aliphatic heterocycles. The molecule has 0 unspecified atom stereocenters. The molecule has 0 atom stereocenters. The minimum atomic E-state index is -0.220. The molecule has 1 aromatic heterocycles. The maximum Gasteiger partial charge on any atom is 0.248 e. The van der Waals surface area contributed by atoms with Gasteiger partial charge in [0.1, 0.15) is 22.8 Å². The van der Waals surface area contributed by atoms with Crippen LogP contribution in [0.1, 0.15) is 12.5 Å². The van der Waals surface area contributed by atoms with E-state index in [1.165, 1.54) is 0 Å². The molecular weight excluding hydrogens is 418 g/mol. The van der Waals surface area contributed by atoms with E-state index in [0.29, 0.717) is 22.8 Å². The second kappa shape index (κ2) is 9.53. The lowest BCUT2D eigenvalue weighted by atomic mass is 9.98. The lowest BCUT2D eigenvalue weighted by Gasteiger charge is -2.12. The highest BCUT2D eigenvalue weighted by Crippen LogP contribution is 2.41. The number of carbonyl (C=O) groups is 1. The summed E-state index contributed by atoms with van der Waals surface area (Å²) < 4.78 is 22.4. The van der Waals surface area contributed by atoms with Crippen LogP contribution in [-0.4, -0.2) is 27.2 Å². The third-order valence-corrected chi connectivity index (χ3v) is 5.41. The van der Waals surface area contributed by atoms with Gasteiger partial charge < -0.3 is 23.9 Å². The van der Waals surface area contributed by atoms with Gasteiger partial charge in [-0.1, -0.05) is 18.2 Å². The number of nitrogens with one attached hydrogen (secondary N) is 1. The Morgan fingerprint density at radius 2 is 1.64 bits per heavy atom. The first-order chi connectivity index (χ1) is 16.0. The molecule has 6 nitrogen and oxygen atoms in total. The van der Waals surface area contributed by atoms with Crippen LogP contribution < -0.4 is 19.5 Å². The van der Waals surface area contributed by atoms with Crippen molar-refractivity contribution < 1.29 is 23.4 Å². The molecule has 0 aliphatic rings. The number of hydrogen-bond acceptors (Lipinski definition) is 5. The average Bonchev–Trinajstić information content (AvgIpc) is 3.25. The van der Waals surface area contributed by atoms with Crippen molar-refractivity contribution in [1.82, 2.24) is 0 Å². The van der Waals surface area contributed by atoms with Crippen molar-refractivity contribution in [1.29, 1.82) is 0 Å². The van der Waals surface area contributed by atoms with E-state index in [2.05, 4.69) is 5.32 Å². The van der Waals surface area contributed by atoms with Gasteiger partial charge in [-0.25, -0.2) is 0 Å². The normalized spacial score (nSPS) is 11.3. The molecule has 4 aromatic rings. The molecule has 0 bridgehead atoms. The van der Waals surface area contributed by atoms with Crippen LogP contribution in [0.15, 0.2) is 77.4 Å². The molecule has 1 amide bonds. The number of benzene rings is 3. The SMILES string of the molecule is COc1ccc(OC)c(-c2coc3cc(OC)c(/C(C)=C/C(=O)Nc4ccccc4)cc23)c1. The fourth-order valence-corrected chi connectivity index (χ4v) is 3.74. The van der Waals surface area contributed by atoms with Crippen molar-refractivity contribution in [2.24, 2.45) is 0 Å². The zero-order valence-corrected chi connectivity index (χ0v) is 19.0. The fourth-order valence-electron chi connectivity index (χ4n) is 3.74. The zero-order chi connectivity index (χ0) is 23.4. The maximum atomic E-state index is 12.6. The van der Waals surface area contributed by atoms with E-state index in [-0.39, 0.29) is 5.91 Å². The molecule has 4 rings (SSSR count). The van der Waals surface area contributed by atoms with Gasteiger partial charge in [-0.2, -0.15) is 0 Å². The van der Waals surface area contributed by atoms with Crippen molar-refractivity contribution in [3.8, 4) is 28.4 Å². The summed E-state index contributed by atoms with van der Waals surface area (Å²) >= 11 is 0. The van der Waals surface area contributed by atoms with Gasteiger partial charge in [0.15, 0.2) is 0 Å². The molecule has 0 saturated carbocycles. The first kappa shape index (κ1) is 22.0. The highest BCUT2D eigenvalue weighted by molar-refractivity contribution is 6.05. The highest BCUT2D eigenvalue weighted by atomic mass is 16.5. The van der Waals surface area contributed by atoms with Gasteiger partial charge in [0.05, 0.1) is 27.6 Å². The second-order valence-electron chi connectivity index (χ2n) is 7.45. The monoisotopic (exact) mass is 443 g/mol. The van der Waals surface area contributed by atoms with E-state index < -0.39 is 0 Å². The van der Waals surface area contributed by atoms with E-state index >= 15 is 0 Å². The van der Waals surface area contributed by atoms with E-state index in [1.807, 2.05) is 67.6 Å². The maximum absolute atomic E-state index is 12.6. The van der Waals surface area contributed by atoms with Gasteiger partial charge in [-0.15, -0.1) is 0 Å². The Kier molecular flexibility index (Phi) is 6.36. The van der Waals surface area contributed by atoms with Crippen LogP contribution in [0.25, 0.3) is 27.7 Å². The van der Waals surface area contributed by atoms with Crippen LogP contribution in [0.5, 0.6) is 17.2 Å². The lowest BCUT2D eigenvalue weighted by Crippen LogP contribution is -2.08. The van der Waals surface area contributed by atoms with Gasteiger partial charge in [0, 0.05) is 39.9 Å². The summed E-state index contributed by atoms with van der Waals surface area (Å²) in [5.74, 6) is 1.80. The number of amides is 1. The summed E-state index contributed by atoms with van der Waals surface area (Å²) in [4.78, 5) is 12.6. The number of carbonyl (C=O) groups excluding carboxylic acids is 1. The number of anilines is 1. The minimum Gasteiger partial charge on any atom is -0.497 e. The number of methoxy groups -OCH3 is 3. The summed E-state index contributed by atoms with van der Waals surface area (Å²) in [5, 5.41) is 3.74. The molecule has 168 valence electrons. The molecule has 6 heteroatoms. The molecule has 0 radical (unpaired) electrons. The molecule has 1 N–H and O–H groups in total. The van der Waals surface area contributed by atoms with Crippen molar-refractivity contribution in [3.05, 3.63) is 78.6 Å². The molecule has 0 fully saturated rings. The number of ether oxygens (including phenoxy) is 3. The van der Waals surface area contributed by atoms with Crippen LogP contribution in [0.3, 0.4) is 0 Å². The Labute approximate surface area is 192 Å². The quantitative estimate of drug-likeness (QED) is 0.346. The van der Waals surface area contributed by atoms with Crippen LogP contribution >= 0.6 is 0 Å². The molecule has 1 heterocycles. The van der Waals surface area contributed by atoms with Gasteiger partial charge in [-0.3, -0.25) is 4.79 Å². The first-order valence-electron chi connectivity index (χ1n) is 10.4. The molecule has 3 aromatic carbocycles. The molecule has 33 heavy (non-hydrogen) atoms. The Balaban J connectivity index is 1.77. The minimum absolute atomic E-state index is 0.220. The first-order valence-corrected chi connectivity index (χ1v) is 10.4. The molecule has 0 spiro atoms. The predicted molar refractivity (Wildman–Crippen MR) is 130 cm³/mol. The highest BCUT2D eigenvalue weighted by Gasteiger charge is 2.18. The number of rotatable bonds is 7. The van der Waals surface area contributed by atoms with E-state index in [9.17, 15) is 4.79 Å². The third-order valence-electron chi connectivity index (χ3n) is 5.41. The van der Waals surface area contributed by atoms with Crippen LogP contribution in [0, 0.1) is 0 Å². The van der Waals surface area contributed by atoms with Gasteiger partial charge >= 0.3 is 0 Å². The van der Waals surface area contributed by atoms with Crippen LogP contribution in [-0.2, 0) is 4.79 Å². The largest absolute Gasteiger partial charge is 0.497 e. The van der Waals surface area contributed by atoms with Crippen molar-refractivity contribution in [3.63, 3.8) is 0 Å². The summed E-state index contributed by atoms with van der Waals surface area (Å²) in [6.45, 7) is 1.88. The zero-order valence-electron chi connectivity index (χ0n) is 19.0. The Bertz CT molecular complexity index is 1320. The van der Waals surface area contributed by atoms with Gasteiger partial charge in [-0.05, 0) is 48.9 Å². The molecule has 0 saturated heterocycles. The van der Waals surface area contributed by atoms with E-state index in [1.54, 1.807) is 33.7 Å². The second-order valence-corrected chi connectivity index (χ2v) is 7.45. The number of furan rings is 1. The summed E-state index contributed by atoms with van der Waals surface area (Å²) in [7, 11) is 4.84. The van der Waals surface area contributed by atoms with E-state index in [0.717, 1.165) is 33.3 Å². The summed E-state index contributed by atoms with van der Waals surface area (Å²) in [5.41, 5.74) is 4.64. The summed E-state index contributed by atoms with van der Waals surface area (Å²) in [6.07, 6.45) is 3.24. The third kappa shape index (κ3) is 4.55. The Morgan fingerprint density at radius 3 is 2.33 bits per heavy atom. The predicted octanol–water partition coefficient (Wildman–Crippen LogP) is 6.17. The number of allylic oxidation sites excluding steroid dienone is 1. The van der Waals surface area contributed by atoms with Crippen LogP contribution in [0.4, 0.5) is 5.69 Å². The Hall–Kier alpha value is -4.19. The van der Waals surface area contributed by atoms with Crippen molar-refractivity contribution >= 4 is 28.1 Å². The Morgan fingerprint density at radius 1 is 0.879 bits per heavy atom. The summed E-state index contributed by atoms with van der Waals surface area (Å²) in [6, 6.07) is 18.7. The van der Waals surface area contributed by atoms with Crippen molar-refractivity contribution in [2.75, 3.05) is 26.6 Å². The fraction of sp³-hybridized carbons (Fsp3) is 0.148. The lowest BCUT2D eigenvalue weighted by molar-refractivity contribution is -0.111. The number of hydrogen-bond donors (Lipinski definition) is 1. The van der Waals surface area contributed by atoms with Gasteiger partial charge in [0.2, 0.25) is 5.91 Å². The molecule has 0 aliphatic carbocycles. The molecular formula is C27H25NO5. The number of para-hydroxylation sites is 1. The van der Waals surface area contributed by atoms with Crippen LogP contribution in [0.2, 0.25) is 0 Å². The van der Waals surface area contributed by atoms with E-state index in [4.69, 9.17) is 18.6 Å². The number of fused-ring (bicyclic) bond motifs is 1.